The van der Waals surface area contributed by atoms with Crippen LogP contribution in [0.1, 0.15) is 47.0 Å². The zero-order valence-electron chi connectivity index (χ0n) is 24.6. The van der Waals surface area contributed by atoms with Gasteiger partial charge in [-0.15, -0.1) is 0 Å². The van der Waals surface area contributed by atoms with Crippen LogP contribution < -0.4 is 32.7 Å². The molecular formula is C26H52N6O8. The Kier molecular flexibility index (Phi) is 11.7. The number of hydrogen-bond donors (Lipinski definition) is 9. The van der Waals surface area contributed by atoms with Crippen molar-refractivity contribution in [3.63, 3.8) is 0 Å². The molecule has 14 nitrogen and oxygen atoms in total. The van der Waals surface area contributed by atoms with Crippen molar-refractivity contribution in [2.45, 2.75) is 125 Å². The van der Waals surface area contributed by atoms with Crippen molar-refractivity contribution in [1.29, 1.82) is 0 Å². The minimum Gasteiger partial charge on any atom is -0.388 e. The normalized spacial score (nSPS) is 42.9. The van der Waals surface area contributed by atoms with Gasteiger partial charge in [-0.25, -0.2) is 0 Å². The van der Waals surface area contributed by atoms with E-state index >= 15 is 0 Å². The summed E-state index contributed by atoms with van der Waals surface area (Å²) in [5.41, 5.74) is 11.2. The first-order chi connectivity index (χ1) is 18.7. The lowest BCUT2D eigenvalue weighted by molar-refractivity contribution is -0.307. The number of rotatable bonds is 10. The van der Waals surface area contributed by atoms with Gasteiger partial charge in [0.1, 0.15) is 30.0 Å². The molecule has 1 saturated carbocycles. The summed E-state index contributed by atoms with van der Waals surface area (Å²) in [6.07, 6.45) is -5.00. The average molecular weight is 577 g/mol. The van der Waals surface area contributed by atoms with Crippen LogP contribution in [0, 0.1) is 0 Å². The van der Waals surface area contributed by atoms with Gasteiger partial charge in [-0.05, 0) is 61.1 Å². The number of nitrogens with two attached hydrogens (primary N) is 2. The van der Waals surface area contributed by atoms with E-state index in [1.807, 2.05) is 27.8 Å². The molecule has 3 rings (SSSR count). The molecule has 234 valence electrons. The minimum absolute atomic E-state index is 0.0445. The van der Waals surface area contributed by atoms with E-state index in [2.05, 4.69) is 21.3 Å². The van der Waals surface area contributed by atoms with Crippen molar-refractivity contribution in [3.05, 3.63) is 0 Å². The van der Waals surface area contributed by atoms with Crippen molar-refractivity contribution in [2.75, 3.05) is 33.8 Å². The molecule has 0 aromatic carbocycles. The highest BCUT2D eigenvalue weighted by molar-refractivity contribution is 5.78. The fourth-order valence-electron chi connectivity index (χ4n) is 5.60. The third-order valence-corrected chi connectivity index (χ3v) is 7.80. The number of amides is 1. The molecule has 0 spiro atoms. The van der Waals surface area contributed by atoms with E-state index in [9.17, 15) is 20.1 Å². The molecule has 0 bridgehead atoms. The molecule has 2 heterocycles. The Morgan fingerprint density at radius 1 is 1.05 bits per heavy atom. The van der Waals surface area contributed by atoms with E-state index in [0.29, 0.717) is 13.0 Å². The molecule has 3 fully saturated rings. The number of carbonyl (C=O) groups is 1. The van der Waals surface area contributed by atoms with E-state index in [-0.39, 0.29) is 37.1 Å². The highest BCUT2D eigenvalue weighted by atomic mass is 16.7. The second-order valence-corrected chi connectivity index (χ2v) is 12.6. The lowest BCUT2D eigenvalue weighted by atomic mass is 9.83. The fourth-order valence-corrected chi connectivity index (χ4v) is 5.60. The number of likely N-dealkylation sites (N-methyl/N-ethyl adjacent to an activating group) is 2. The van der Waals surface area contributed by atoms with Crippen LogP contribution in [0.15, 0.2) is 0 Å². The summed E-state index contributed by atoms with van der Waals surface area (Å²) >= 11 is 0. The quantitative estimate of drug-likeness (QED) is 0.126. The third kappa shape index (κ3) is 8.52. The van der Waals surface area contributed by atoms with Crippen LogP contribution in [0.3, 0.4) is 0 Å². The van der Waals surface area contributed by atoms with Gasteiger partial charge in [-0.2, -0.15) is 0 Å². The maximum atomic E-state index is 12.8. The molecule has 12 unspecified atom stereocenters. The second kappa shape index (κ2) is 14.0. The Hall–Kier alpha value is -1.01. The molecule has 14 heteroatoms. The molecule has 0 aromatic rings. The van der Waals surface area contributed by atoms with Crippen molar-refractivity contribution in [3.8, 4) is 0 Å². The molecule has 3 aliphatic rings. The number of aliphatic hydroxyl groups excluding tert-OH is 2. The zero-order valence-corrected chi connectivity index (χ0v) is 24.6. The van der Waals surface area contributed by atoms with Gasteiger partial charge >= 0.3 is 0 Å². The van der Waals surface area contributed by atoms with E-state index in [1.165, 1.54) is 0 Å². The average Bonchev–Trinajstić information content (AvgIpc) is 2.85. The van der Waals surface area contributed by atoms with Gasteiger partial charge in [0.15, 0.2) is 12.6 Å². The van der Waals surface area contributed by atoms with Crippen LogP contribution in [0.25, 0.3) is 0 Å². The third-order valence-electron chi connectivity index (χ3n) is 7.80. The topological polar surface area (TPSA) is 215 Å². The number of hydrogen-bond acceptors (Lipinski definition) is 13. The van der Waals surface area contributed by atoms with Gasteiger partial charge in [0.2, 0.25) is 5.91 Å². The molecular weight excluding hydrogens is 524 g/mol. The van der Waals surface area contributed by atoms with Gasteiger partial charge < -0.3 is 67.0 Å². The van der Waals surface area contributed by atoms with E-state index in [0.717, 1.165) is 6.42 Å². The van der Waals surface area contributed by atoms with Crippen LogP contribution in [0.4, 0.5) is 0 Å². The van der Waals surface area contributed by atoms with Crippen molar-refractivity contribution < 1.29 is 39.1 Å². The fraction of sp³-hybridized carbons (Fsp3) is 0.962. The predicted octanol–water partition coefficient (Wildman–Crippen LogP) is -3.17. The smallest absolute Gasteiger partial charge is 0.234 e. The first-order valence-electron chi connectivity index (χ1n) is 14.2. The molecule has 1 amide bonds. The summed E-state index contributed by atoms with van der Waals surface area (Å²) in [4.78, 5) is 12.8. The largest absolute Gasteiger partial charge is 0.388 e. The Morgan fingerprint density at radius 2 is 1.73 bits per heavy atom. The molecule has 40 heavy (non-hydrogen) atoms. The van der Waals surface area contributed by atoms with Crippen LogP contribution in [-0.4, -0.2) is 133 Å². The van der Waals surface area contributed by atoms with Gasteiger partial charge in [0, 0.05) is 18.1 Å². The van der Waals surface area contributed by atoms with Gasteiger partial charge in [0.05, 0.1) is 37.4 Å². The van der Waals surface area contributed by atoms with E-state index in [4.69, 9.17) is 30.4 Å². The van der Waals surface area contributed by atoms with Crippen LogP contribution in [0.5, 0.6) is 0 Å². The standard InChI is InChI=1S/C26H52N6O8/c1-25(2,3)31-11-17(33)32-16-9-15(28)20(39-23-14(27)8-7-13(38-23)10-29-5)18(34)21(16)40-24-19(35)22(30-6)26(4,36)12-37-24/h13-16,18-24,29-31,34-36H,7-12,27-28H2,1-6H3,(H,32,33). The second-order valence-electron chi connectivity index (χ2n) is 12.6. The maximum Gasteiger partial charge on any atom is 0.234 e. The van der Waals surface area contributed by atoms with Crippen molar-refractivity contribution >= 4 is 5.91 Å². The number of ether oxygens (including phenoxy) is 4. The summed E-state index contributed by atoms with van der Waals surface area (Å²) in [6, 6.07) is -2.57. The summed E-state index contributed by atoms with van der Waals surface area (Å²) < 4.78 is 24.1. The lowest BCUT2D eigenvalue weighted by Crippen LogP contribution is -2.69. The summed E-state index contributed by atoms with van der Waals surface area (Å²) in [7, 11) is 3.45. The number of aliphatic hydroxyl groups is 3. The Balaban J connectivity index is 1.79. The summed E-state index contributed by atoms with van der Waals surface area (Å²) in [5, 5.41) is 45.2. The summed E-state index contributed by atoms with van der Waals surface area (Å²) in [5.74, 6) is -0.305. The molecule has 0 aromatic heterocycles. The predicted molar refractivity (Wildman–Crippen MR) is 147 cm³/mol. The molecule has 1 aliphatic carbocycles. The molecule has 2 saturated heterocycles. The van der Waals surface area contributed by atoms with E-state index < -0.39 is 66.8 Å². The maximum absolute atomic E-state index is 12.8. The Morgan fingerprint density at radius 3 is 2.35 bits per heavy atom. The minimum atomic E-state index is -1.35. The summed E-state index contributed by atoms with van der Waals surface area (Å²) in [6.45, 7) is 7.94. The SMILES string of the molecule is CNCC1CCC(N)C(OC2C(N)CC(NC(=O)CNC(C)(C)C)C(OC3OCC(C)(O)C(NC)C3O)C2O)O1. The number of nitrogens with one attached hydrogen (secondary N) is 4. The first kappa shape index (κ1) is 33.5. The van der Waals surface area contributed by atoms with E-state index in [1.54, 1.807) is 14.0 Å². The molecule has 2 aliphatic heterocycles. The van der Waals surface area contributed by atoms with Crippen LogP contribution in [0.2, 0.25) is 0 Å². The first-order valence-corrected chi connectivity index (χ1v) is 14.2. The van der Waals surface area contributed by atoms with Crippen LogP contribution >= 0.6 is 0 Å². The monoisotopic (exact) mass is 576 g/mol. The van der Waals surface area contributed by atoms with Gasteiger partial charge in [-0.3, -0.25) is 4.79 Å². The van der Waals surface area contributed by atoms with Gasteiger partial charge in [-0.1, -0.05) is 0 Å². The van der Waals surface area contributed by atoms with Gasteiger partial charge in [0.25, 0.3) is 0 Å². The van der Waals surface area contributed by atoms with Crippen molar-refractivity contribution in [1.82, 2.24) is 21.3 Å². The highest BCUT2D eigenvalue weighted by Gasteiger charge is 2.51. The molecule has 0 radical (unpaired) electrons. The Labute approximate surface area is 237 Å². The zero-order chi connectivity index (χ0) is 29.8. The highest BCUT2D eigenvalue weighted by Crippen LogP contribution is 2.32. The molecule has 11 N–H and O–H groups in total. The van der Waals surface area contributed by atoms with Crippen LogP contribution in [-0.2, 0) is 23.7 Å². The van der Waals surface area contributed by atoms with Crippen molar-refractivity contribution in [2.24, 2.45) is 11.5 Å². The number of carbonyl (C=O) groups excluding carboxylic acids is 1. The Bertz CT molecular complexity index is 817. The molecule has 12 atom stereocenters. The lowest BCUT2D eigenvalue weighted by Gasteiger charge is -2.49.